The number of nitrogens with zero attached hydrogens (tertiary/aromatic N) is 2. The Morgan fingerprint density at radius 2 is 2.28 bits per heavy atom. The van der Waals surface area contributed by atoms with E-state index in [4.69, 9.17) is 5.02 Å². The minimum Gasteiger partial charge on any atom is -0.452 e. The quantitative estimate of drug-likeness (QED) is 0.455. The van der Waals surface area contributed by atoms with Crippen LogP contribution < -0.4 is 5.32 Å². The molecule has 6 nitrogen and oxygen atoms in total. The molecule has 2 aliphatic heterocycles. The molecule has 0 aliphatic carbocycles. The van der Waals surface area contributed by atoms with Gasteiger partial charge in [-0.25, -0.2) is 0 Å². The van der Waals surface area contributed by atoms with E-state index < -0.39 is 0 Å². The van der Waals surface area contributed by atoms with Gasteiger partial charge in [0.15, 0.2) is 0 Å². The predicted molar refractivity (Wildman–Crippen MR) is 66.8 cm³/mol. The Kier molecular flexibility index (Phi) is 4.60. The molecule has 0 bridgehead atoms. The van der Waals surface area contributed by atoms with Crippen molar-refractivity contribution in [3.63, 3.8) is 0 Å². The Hall–Kier alpha value is -1.08. The first-order chi connectivity index (χ1) is 8.74. The molecule has 2 rings (SSSR count). The van der Waals surface area contributed by atoms with Gasteiger partial charge in [0.2, 0.25) is 12.3 Å². The average Bonchev–Trinajstić information content (AvgIpc) is 3.04. The summed E-state index contributed by atoms with van der Waals surface area (Å²) in [6, 6.07) is 0.207. The molecule has 0 aromatic heterocycles. The Bertz CT molecular complexity index is 316. The van der Waals surface area contributed by atoms with E-state index in [9.17, 15) is 9.59 Å². The van der Waals surface area contributed by atoms with Gasteiger partial charge < -0.3 is 20.1 Å². The molecule has 2 heterocycles. The average molecular weight is 252 g/mol. The minimum absolute atomic E-state index is 0.0207. The van der Waals surface area contributed by atoms with Crippen LogP contribution in [0.25, 0.3) is 0 Å². The molecule has 2 amide bonds. The second-order valence-electron chi connectivity index (χ2n) is 4.91. The lowest BCUT2D eigenvalue weighted by Crippen LogP contribution is -2.46. The number of hydrogen-bond donors (Lipinski definition) is 2. The Labute approximate surface area is 108 Å². The molecule has 18 heavy (non-hydrogen) atoms. The lowest BCUT2D eigenvalue weighted by Gasteiger charge is -2.23. The van der Waals surface area contributed by atoms with Crippen molar-refractivity contribution in [3.8, 4) is 0 Å². The first-order valence-corrected chi connectivity index (χ1v) is 6.44. The fourth-order valence-corrected chi connectivity index (χ4v) is 2.64. The second kappa shape index (κ2) is 6.20. The van der Waals surface area contributed by atoms with Crippen LogP contribution in [0.4, 0.5) is 0 Å². The van der Waals surface area contributed by atoms with Crippen LogP contribution in [0.15, 0.2) is 0 Å². The highest BCUT2D eigenvalue weighted by Gasteiger charge is 2.29. The summed E-state index contributed by atoms with van der Waals surface area (Å²) in [5.41, 5.74) is 0. The third-order valence-corrected chi connectivity index (χ3v) is 3.70. The number of carbonyl (C=O) groups is 2. The molecule has 2 saturated heterocycles. The van der Waals surface area contributed by atoms with Crippen molar-refractivity contribution in [2.75, 3.05) is 26.2 Å². The summed E-state index contributed by atoms with van der Waals surface area (Å²) in [6.07, 6.45) is 3.52. The predicted octanol–water partition coefficient (Wildman–Crippen LogP) is -1.63. The third kappa shape index (κ3) is 3.03. The molecule has 2 N–H and O–H groups in total. The van der Waals surface area contributed by atoms with Crippen LogP contribution >= 0.6 is 0 Å². The molecule has 2 atom stereocenters. The van der Waals surface area contributed by atoms with E-state index >= 15 is 0 Å². The lowest BCUT2D eigenvalue weighted by molar-refractivity contribution is -0.130. The number of rotatable bonds is 5. The number of nitrogens with one attached hydrogen (secondary N) is 1. The fourth-order valence-electron chi connectivity index (χ4n) is 2.64. The maximum Gasteiger partial charge on any atom is 0.312 e. The molecule has 0 spiro atoms. The largest absolute Gasteiger partial charge is 0.452 e. The van der Waals surface area contributed by atoms with Gasteiger partial charge in [0.1, 0.15) is 0 Å². The summed E-state index contributed by atoms with van der Waals surface area (Å²) in [6.45, 7) is 2.42. The van der Waals surface area contributed by atoms with E-state index in [1.165, 1.54) is 0 Å². The highest BCUT2D eigenvalue weighted by atomic mass is 16.2. The van der Waals surface area contributed by atoms with Gasteiger partial charge in [-0.2, -0.15) is 0 Å². The Morgan fingerprint density at radius 1 is 1.44 bits per heavy atom. The number of amides is 2. The lowest BCUT2D eigenvalue weighted by atomic mass is 9.86. The smallest absolute Gasteiger partial charge is 0.312 e. The van der Waals surface area contributed by atoms with Crippen LogP contribution in [0.5, 0.6) is 0 Å². The van der Waals surface area contributed by atoms with Crippen molar-refractivity contribution in [2.24, 2.45) is 0 Å². The van der Waals surface area contributed by atoms with E-state index in [0.29, 0.717) is 13.1 Å². The monoisotopic (exact) mass is 252 g/mol. The standard InChI is InChI=1S/C11H19BN3O3/c16-8-14-5-3-9(7-14)13-6-11(17)15-4-1-2-10(15)12-18/h8-10,13,18H,1-7H2. The van der Waals surface area contributed by atoms with E-state index in [0.717, 1.165) is 39.7 Å². The third-order valence-electron chi connectivity index (χ3n) is 3.70. The molecule has 0 saturated carbocycles. The fraction of sp³-hybridized carbons (Fsp3) is 0.818. The van der Waals surface area contributed by atoms with Crippen molar-refractivity contribution < 1.29 is 14.6 Å². The minimum atomic E-state index is -0.130. The van der Waals surface area contributed by atoms with Gasteiger partial charge in [0.05, 0.1) is 6.54 Å². The van der Waals surface area contributed by atoms with Crippen LogP contribution in [0.2, 0.25) is 0 Å². The van der Waals surface area contributed by atoms with Gasteiger partial charge >= 0.3 is 7.48 Å². The van der Waals surface area contributed by atoms with E-state index in [1.54, 1.807) is 9.80 Å². The topological polar surface area (TPSA) is 72.9 Å². The number of carbonyl (C=O) groups excluding carboxylic acids is 2. The summed E-state index contributed by atoms with van der Waals surface area (Å²) >= 11 is 0. The van der Waals surface area contributed by atoms with Crippen molar-refractivity contribution in [3.05, 3.63) is 0 Å². The van der Waals surface area contributed by atoms with Crippen LogP contribution in [0.1, 0.15) is 19.3 Å². The van der Waals surface area contributed by atoms with Crippen LogP contribution in [-0.4, -0.2) is 72.8 Å². The van der Waals surface area contributed by atoms with Crippen LogP contribution in [-0.2, 0) is 9.59 Å². The Balaban J connectivity index is 1.73. The second-order valence-corrected chi connectivity index (χ2v) is 4.91. The van der Waals surface area contributed by atoms with Crippen LogP contribution in [0, 0.1) is 0 Å². The molecule has 1 radical (unpaired) electrons. The first kappa shape index (κ1) is 13.4. The SMILES string of the molecule is O=CN1CCC(NCC(=O)N2CCCC2[B]O)C1. The van der Waals surface area contributed by atoms with E-state index in [-0.39, 0.29) is 24.4 Å². The van der Waals surface area contributed by atoms with Gasteiger partial charge in [-0.05, 0) is 19.3 Å². The zero-order chi connectivity index (χ0) is 13.0. The van der Waals surface area contributed by atoms with Crippen molar-refractivity contribution in [1.82, 2.24) is 15.1 Å². The molecular formula is C11H19BN3O3. The van der Waals surface area contributed by atoms with Gasteiger partial charge in [0, 0.05) is 31.6 Å². The maximum absolute atomic E-state index is 12.0. The van der Waals surface area contributed by atoms with Crippen molar-refractivity contribution in [2.45, 2.75) is 31.2 Å². The zero-order valence-corrected chi connectivity index (χ0v) is 10.4. The number of likely N-dealkylation sites (tertiary alicyclic amines) is 2. The molecule has 2 aliphatic rings. The van der Waals surface area contributed by atoms with E-state index in [1.807, 2.05) is 0 Å². The first-order valence-electron chi connectivity index (χ1n) is 6.44. The highest BCUT2D eigenvalue weighted by Crippen LogP contribution is 2.15. The van der Waals surface area contributed by atoms with E-state index in [2.05, 4.69) is 5.32 Å². The summed E-state index contributed by atoms with van der Waals surface area (Å²) in [7, 11) is 1.11. The van der Waals surface area contributed by atoms with Gasteiger partial charge in [0.25, 0.3) is 0 Å². The highest BCUT2D eigenvalue weighted by molar-refractivity contribution is 6.28. The summed E-state index contributed by atoms with van der Waals surface area (Å²) in [4.78, 5) is 26.0. The molecule has 0 aromatic carbocycles. The van der Waals surface area contributed by atoms with Gasteiger partial charge in [-0.3, -0.25) is 9.59 Å². The van der Waals surface area contributed by atoms with Gasteiger partial charge in [-0.1, -0.05) is 0 Å². The normalized spacial score (nSPS) is 27.6. The van der Waals surface area contributed by atoms with Crippen molar-refractivity contribution in [1.29, 1.82) is 0 Å². The summed E-state index contributed by atoms with van der Waals surface area (Å²) < 4.78 is 0. The molecule has 2 fully saturated rings. The summed E-state index contributed by atoms with van der Waals surface area (Å²) in [5.74, 6) is -0.110. The molecular weight excluding hydrogens is 233 g/mol. The summed E-state index contributed by atoms with van der Waals surface area (Å²) in [5, 5.41) is 12.2. The molecule has 99 valence electrons. The van der Waals surface area contributed by atoms with Crippen LogP contribution in [0.3, 0.4) is 0 Å². The molecule has 2 unspecified atom stereocenters. The van der Waals surface area contributed by atoms with Gasteiger partial charge in [-0.15, -0.1) is 0 Å². The maximum atomic E-state index is 12.0. The number of hydrogen-bond acceptors (Lipinski definition) is 4. The zero-order valence-electron chi connectivity index (χ0n) is 10.4. The molecule has 7 heteroatoms. The Morgan fingerprint density at radius 3 is 2.94 bits per heavy atom. The van der Waals surface area contributed by atoms with Crippen molar-refractivity contribution >= 4 is 19.8 Å². The molecule has 0 aromatic rings.